The van der Waals surface area contributed by atoms with Crippen molar-refractivity contribution in [3.8, 4) is 5.88 Å². The molecular formula is C25H27N3O5. The molecule has 0 bridgehead atoms. The summed E-state index contributed by atoms with van der Waals surface area (Å²) in [7, 11) is 0. The van der Waals surface area contributed by atoms with E-state index in [0.717, 1.165) is 24.1 Å². The lowest BCUT2D eigenvalue weighted by Crippen LogP contribution is -2.24. The number of nitrogens with two attached hydrogens (primary N) is 1. The van der Waals surface area contributed by atoms with Crippen LogP contribution in [-0.4, -0.2) is 32.3 Å². The van der Waals surface area contributed by atoms with Crippen molar-refractivity contribution in [2.24, 2.45) is 5.73 Å². The van der Waals surface area contributed by atoms with E-state index in [2.05, 4.69) is 17.1 Å². The minimum atomic E-state index is -1.56. The Kier molecular flexibility index (Phi) is 6.18. The maximum atomic E-state index is 12.9. The number of primary amides is 1. The molecule has 1 saturated carbocycles. The van der Waals surface area contributed by atoms with Crippen LogP contribution < -0.4 is 10.5 Å². The standard InChI is InChI=1S/C25H27N3O5/c1-3-17-19(12-16-10-6-7-11-18(16)15-8-4-5-9-15)28-13-14(2)27-24(33-25(31)32)21(28)20(17)22(29)23(26)30/h6-7,10-11,13,15H,3-5,8-9,12H2,1-2H3,(H2,26,30)(H,31,32). The van der Waals surface area contributed by atoms with Gasteiger partial charge in [-0.25, -0.2) is 9.78 Å². The van der Waals surface area contributed by atoms with Crippen molar-refractivity contribution in [3.05, 3.63) is 64.1 Å². The van der Waals surface area contributed by atoms with Crippen molar-refractivity contribution in [2.45, 2.75) is 58.3 Å². The van der Waals surface area contributed by atoms with Gasteiger partial charge in [0.2, 0.25) is 0 Å². The number of aromatic nitrogens is 2. The molecule has 172 valence electrons. The Hall–Kier alpha value is -3.68. The molecule has 0 spiro atoms. The third kappa shape index (κ3) is 4.20. The number of hydrogen-bond donors (Lipinski definition) is 2. The van der Waals surface area contributed by atoms with Gasteiger partial charge in [-0.2, -0.15) is 0 Å². The Labute approximate surface area is 191 Å². The third-order valence-corrected chi connectivity index (χ3v) is 6.41. The first kappa shape index (κ1) is 22.5. The summed E-state index contributed by atoms with van der Waals surface area (Å²) < 4.78 is 6.66. The lowest BCUT2D eigenvalue weighted by molar-refractivity contribution is -0.114. The van der Waals surface area contributed by atoms with Gasteiger partial charge in [-0.1, -0.05) is 44.0 Å². The number of rotatable bonds is 7. The predicted molar refractivity (Wildman–Crippen MR) is 122 cm³/mol. The topological polar surface area (TPSA) is 124 Å². The molecule has 2 heterocycles. The molecule has 1 aliphatic rings. The smallest absolute Gasteiger partial charge is 0.449 e. The molecule has 0 unspecified atom stereocenters. The molecule has 4 rings (SSSR count). The lowest BCUT2D eigenvalue weighted by Gasteiger charge is -2.16. The van der Waals surface area contributed by atoms with Gasteiger partial charge in [0.15, 0.2) is 0 Å². The number of carbonyl (C=O) groups is 3. The summed E-state index contributed by atoms with van der Waals surface area (Å²) in [6.07, 6.45) is 5.86. The summed E-state index contributed by atoms with van der Waals surface area (Å²) in [5.74, 6) is -1.74. The van der Waals surface area contributed by atoms with E-state index < -0.39 is 17.8 Å². The molecule has 8 nitrogen and oxygen atoms in total. The number of carboxylic acid groups (broad SMARTS) is 1. The van der Waals surface area contributed by atoms with Crippen molar-refractivity contribution in [2.75, 3.05) is 0 Å². The van der Waals surface area contributed by atoms with Crippen molar-refractivity contribution in [1.82, 2.24) is 9.38 Å². The molecule has 0 radical (unpaired) electrons. The zero-order chi connectivity index (χ0) is 23.7. The van der Waals surface area contributed by atoms with Crippen LogP contribution in [0.25, 0.3) is 5.52 Å². The van der Waals surface area contributed by atoms with Gasteiger partial charge in [0, 0.05) is 18.3 Å². The second-order valence-corrected chi connectivity index (χ2v) is 8.48. The van der Waals surface area contributed by atoms with E-state index in [1.807, 2.05) is 19.1 Å². The predicted octanol–water partition coefficient (Wildman–Crippen LogP) is 4.18. The van der Waals surface area contributed by atoms with Crippen LogP contribution in [0.2, 0.25) is 0 Å². The van der Waals surface area contributed by atoms with E-state index in [1.54, 1.807) is 17.5 Å². The summed E-state index contributed by atoms with van der Waals surface area (Å²) in [4.78, 5) is 40.3. The van der Waals surface area contributed by atoms with E-state index in [4.69, 9.17) is 10.5 Å². The Morgan fingerprint density at radius 1 is 1.21 bits per heavy atom. The fraction of sp³-hybridized carbons (Fsp3) is 0.360. The number of fused-ring (bicyclic) bond motifs is 1. The number of hydrogen-bond acceptors (Lipinski definition) is 5. The van der Waals surface area contributed by atoms with E-state index in [1.165, 1.54) is 18.4 Å². The van der Waals surface area contributed by atoms with Crippen molar-refractivity contribution < 1.29 is 24.2 Å². The molecule has 0 atom stereocenters. The molecule has 1 aromatic carbocycles. The van der Waals surface area contributed by atoms with Crippen LogP contribution in [0.15, 0.2) is 30.5 Å². The van der Waals surface area contributed by atoms with Gasteiger partial charge in [0.25, 0.3) is 17.6 Å². The van der Waals surface area contributed by atoms with E-state index >= 15 is 0 Å². The van der Waals surface area contributed by atoms with E-state index in [9.17, 15) is 19.5 Å². The monoisotopic (exact) mass is 449 g/mol. The van der Waals surface area contributed by atoms with Crippen molar-refractivity contribution in [3.63, 3.8) is 0 Å². The Morgan fingerprint density at radius 3 is 2.55 bits per heavy atom. The Balaban J connectivity index is 1.98. The largest absolute Gasteiger partial charge is 0.512 e. The number of ether oxygens (including phenoxy) is 1. The highest BCUT2D eigenvalue weighted by Gasteiger charge is 2.30. The van der Waals surface area contributed by atoms with Crippen LogP contribution in [0, 0.1) is 6.92 Å². The van der Waals surface area contributed by atoms with Crippen LogP contribution >= 0.6 is 0 Å². The number of amides is 1. The highest BCUT2D eigenvalue weighted by atomic mass is 16.7. The Bertz CT molecular complexity index is 1250. The molecule has 2 aromatic heterocycles. The van der Waals surface area contributed by atoms with Crippen molar-refractivity contribution >= 4 is 23.4 Å². The van der Waals surface area contributed by atoms with Gasteiger partial charge in [0.05, 0.1) is 11.3 Å². The molecule has 3 N–H and O–H groups in total. The quantitative estimate of drug-likeness (QED) is 0.317. The first-order chi connectivity index (χ1) is 15.8. The normalized spacial score (nSPS) is 14.0. The molecule has 1 aliphatic carbocycles. The highest BCUT2D eigenvalue weighted by Crippen LogP contribution is 2.38. The number of nitrogens with zero attached hydrogens (tertiary/aromatic N) is 2. The van der Waals surface area contributed by atoms with Crippen LogP contribution in [0.3, 0.4) is 0 Å². The fourth-order valence-corrected chi connectivity index (χ4v) is 5.07. The fourth-order valence-electron chi connectivity index (χ4n) is 5.07. The summed E-state index contributed by atoms with van der Waals surface area (Å²) in [5.41, 5.74) is 9.95. The van der Waals surface area contributed by atoms with Gasteiger partial charge in [0.1, 0.15) is 5.52 Å². The molecule has 0 aliphatic heterocycles. The number of benzene rings is 1. The summed E-state index contributed by atoms with van der Waals surface area (Å²) in [5, 5.41) is 9.23. The van der Waals surface area contributed by atoms with E-state index in [-0.39, 0.29) is 17.0 Å². The first-order valence-corrected chi connectivity index (χ1v) is 11.2. The lowest BCUT2D eigenvalue weighted by atomic mass is 9.90. The Morgan fingerprint density at radius 2 is 1.91 bits per heavy atom. The minimum absolute atomic E-state index is 0.0575. The van der Waals surface area contributed by atoms with Gasteiger partial charge in [-0.3, -0.25) is 9.59 Å². The van der Waals surface area contributed by atoms with Crippen LogP contribution in [0.4, 0.5) is 4.79 Å². The SMILES string of the molecule is CCc1c(C(=O)C(N)=O)c2c(OC(=O)O)nc(C)cn2c1Cc1ccccc1C1CCCC1. The number of aryl methyl sites for hydroxylation is 1. The number of Topliss-reactive ketones (excluding diaryl/α,β-unsaturated/α-hetero) is 1. The van der Waals surface area contributed by atoms with Gasteiger partial charge < -0.3 is 20.0 Å². The molecule has 1 fully saturated rings. The molecule has 33 heavy (non-hydrogen) atoms. The second-order valence-electron chi connectivity index (χ2n) is 8.48. The van der Waals surface area contributed by atoms with Gasteiger partial charge in [-0.05, 0) is 48.8 Å². The summed E-state index contributed by atoms with van der Waals surface area (Å²) >= 11 is 0. The molecular weight excluding hydrogens is 422 g/mol. The number of ketones is 1. The van der Waals surface area contributed by atoms with Gasteiger partial charge >= 0.3 is 6.16 Å². The summed E-state index contributed by atoms with van der Waals surface area (Å²) in [6.45, 7) is 3.60. The zero-order valence-electron chi connectivity index (χ0n) is 18.8. The van der Waals surface area contributed by atoms with Crippen LogP contribution in [0.1, 0.15) is 77.0 Å². The van der Waals surface area contributed by atoms with Gasteiger partial charge in [-0.15, -0.1) is 0 Å². The molecule has 3 aromatic rings. The van der Waals surface area contributed by atoms with Crippen LogP contribution in [0.5, 0.6) is 5.88 Å². The van der Waals surface area contributed by atoms with Crippen molar-refractivity contribution in [1.29, 1.82) is 0 Å². The second kappa shape index (κ2) is 9.05. The molecule has 8 heteroatoms. The average Bonchev–Trinajstić information content (AvgIpc) is 3.40. The molecule has 0 saturated heterocycles. The summed E-state index contributed by atoms with van der Waals surface area (Å²) in [6, 6.07) is 8.29. The first-order valence-electron chi connectivity index (χ1n) is 11.2. The third-order valence-electron chi connectivity index (χ3n) is 6.41. The average molecular weight is 450 g/mol. The van der Waals surface area contributed by atoms with Crippen LogP contribution in [-0.2, 0) is 17.6 Å². The maximum absolute atomic E-state index is 12.9. The highest BCUT2D eigenvalue weighted by molar-refractivity contribution is 6.44. The maximum Gasteiger partial charge on any atom is 0.512 e. The minimum Gasteiger partial charge on any atom is -0.449 e. The zero-order valence-corrected chi connectivity index (χ0v) is 18.8. The number of carbonyl (C=O) groups excluding carboxylic acids is 2. The van der Waals surface area contributed by atoms with E-state index in [0.29, 0.717) is 30.0 Å². The molecule has 1 amide bonds.